The Balaban J connectivity index is 3.22. The van der Waals surface area contributed by atoms with Crippen LogP contribution in [0.5, 0.6) is 0 Å². The average Bonchev–Trinajstić information content (AvgIpc) is 2.18. The molecule has 18 heavy (non-hydrogen) atoms. The van der Waals surface area contributed by atoms with Crippen LogP contribution in [0.25, 0.3) is 0 Å². The Bertz CT molecular complexity index is 564. The molecule has 0 unspecified atom stereocenters. The van der Waals surface area contributed by atoms with Crippen molar-refractivity contribution in [1.29, 1.82) is 0 Å². The highest BCUT2D eigenvalue weighted by Crippen LogP contribution is 2.11. The third-order valence-electron chi connectivity index (χ3n) is 1.75. The van der Waals surface area contributed by atoms with E-state index in [0.29, 0.717) is 0 Å². The number of aliphatic hydroxyl groups is 1. The number of aliphatic hydroxyl groups excluding tert-OH is 1. The van der Waals surface area contributed by atoms with Crippen molar-refractivity contribution in [2.24, 2.45) is 4.99 Å². The van der Waals surface area contributed by atoms with Crippen molar-refractivity contribution in [2.45, 2.75) is 33.0 Å². The quantitative estimate of drug-likeness (QED) is 0.448. The first-order valence-corrected chi connectivity index (χ1v) is 5.14. The SMILES string of the molecule is CC(C)(C)OC([O-])=Nc1c(CO)[nH]c(=O)[nH]c1=O. The molecule has 0 aliphatic rings. The van der Waals surface area contributed by atoms with Gasteiger partial charge in [0, 0.05) is 5.60 Å². The second-order valence-electron chi connectivity index (χ2n) is 4.49. The number of aromatic amines is 2. The Morgan fingerprint density at radius 2 is 2.00 bits per heavy atom. The highest BCUT2D eigenvalue weighted by Gasteiger charge is 2.09. The van der Waals surface area contributed by atoms with E-state index in [-0.39, 0.29) is 11.4 Å². The third kappa shape index (κ3) is 3.74. The number of ether oxygens (including phenoxy) is 1. The zero-order chi connectivity index (χ0) is 13.9. The molecule has 0 atom stereocenters. The van der Waals surface area contributed by atoms with Gasteiger partial charge in [-0.05, 0) is 0 Å². The normalized spacial score (nSPS) is 12.6. The first-order chi connectivity index (χ1) is 8.23. The Kier molecular flexibility index (Phi) is 3.92. The zero-order valence-electron chi connectivity index (χ0n) is 10.2. The van der Waals surface area contributed by atoms with E-state index in [0.717, 1.165) is 0 Å². The van der Waals surface area contributed by atoms with Crippen LogP contribution in [0, 0.1) is 0 Å². The van der Waals surface area contributed by atoms with Gasteiger partial charge >= 0.3 is 5.69 Å². The summed E-state index contributed by atoms with van der Waals surface area (Å²) in [6.07, 6.45) is -0.977. The molecular formula is C10H14N3O5-. The Morgan fingerprint density at radius 3 is 2.50 bits per heavy atom. The maximum Gasteiger partial charge on any atom is 0.326 e. The van der Waals surface area contributed by atoms with Crippen LogP contribution in [-0.2, 0) is 11.3 Å². The molecule has 100 valence electrons. The minimum Gasteiger partial charge on any atom is -0.594 e. The van der Waals surface area contributed by atoms with Crippen LogP contribution in [0.2, 0.25) is 0 Å². The molecule has 0 aliphatic heterocycles. The number of nitrogens with one attached hydrogen (secondary N) is 2. The zero-order valence-corrected chi connectivity index (χ0v) is 10.2. The van der Waals surface area contributed by atoms with Crippen LogP contribution in [-0.4, -0.2) is 26.8 Å². The van der Waals surface area contributed by atoms with E-state index < -0.39 is 29.5 Å². The number of rotatable bonds is 2. The Labute approximate surface area is 102 Å². The average molecular weight is 256 g/mol. The molecule has 1 aromatic rings. The molecule has 0 fully saturated rings. The van der Waals surface area contributed by atoms with Crippen molar-refractivity contribution < 1.29 is 14.9 Å². The highest BCUT2D eigenvalue weighted by molar-refractivity contribution is 5.67. The van der Waals surface area contributed by atoms with E-state index in [1.165, 1.54) is 0 Å². The summed E-state index contributed by atoms with van der Waals surface area (Å²) in [6, 6.07) is 0. The van der Waals surface area contributed by atoms with Gasteiger partial charge in [0.2, 0.25) is 0 Å². The van der Waals surface area contributed by atoms with E-state index in [1.54, 1.807) is 20.8 Å². The molecule has 0 saturated heterocycles. The van der Waals surface area contributed by atoms with E-state index >= 15 is 0 Å². The topological polar surface area (TPSA) is 131 Å². The minimum atomic E-state index is -0.977. The fourth-order valence-electron chi connectivity index (χ4n) is 1.14. The van der Waals surface area contributed by atoms with E-state index in [2.05, 4.69) is 9.98 Å². The summed E-state index contributed by atoms with van der Waals surface area (Å²) in [5, 5.41) is 20.4. The number of hydrogen-bond donors (Lipinski definition) is 3. The molecule has 0 bridgehead atoms. The van der Waals surface area contributed by atoms with Gasteiger partial charge in [0.15, 0.2) is 11.8 Å². The lowest BCUT2D eigenvalue weighted by molar-refractivity contribution is -0.259. The van der Waals surface area contributed by atoms with E-state index in [1.807, 2.05) is 4.98 Å². The van der Waals surface area contributed by atoms with Gasteiger partial charge in [0.05, 0.1) is 12.3 Å². The first kappa shape index (κ1) is 14.0. The molecule has 0 aliphatic carbocycles. The van der Waals surface area contributed by atoms with Crippen LogP contribution in [0.15, 0.2) is 14.6 Å². The summed E-state index contributed by atoms with van der Waals surface area (Å²) in [5.41, 5.74) is -2.92. The van der Waals surface area contributed by atoms with Gasteiger partial charge in [0.1, 0.15) is 0 Å². The van der Waals surface area contributed by atoms with Gasteiger partial charge in [0.25, 0.3) is 5.56 Å². The molecule has 0 amide bonds. The van der Waals surface area contributed by atoms with Gasteiger partial charge < -0.3 is 19.9 Å². The number of H-pyrrole nitrogens is 2. The monoisotopic (exact) mass is 256 g/mol. The maximum atomic E-state index is 11.4. The Morgan fingerprint density at radius 1 is 1.39 bits per heavy atom. The lowest BCUT2D eigenvalue weighted by Gasteiger charge is -2.29. The second kappa shape index (κ2) is 5.05. The fraction of sp³-hybridized carbons (Fsp3) is 0.500. The van der Waals surface area contributed by atoms with E-state index in [9.17, 15) is 14.7 Å². The van der Waals surface area contributed by atoms with Crippen molar-refractivity contribution >= 4 is 11.8 Å². The molecule has 0 aromatic carbocycles. The van der Waals surface area contributed by atoms with Crippen LogP contribution < -0.4 is 16.4 Å². The number of aromatic nitrogens is 2. The summed E-state index contributed by atoms with van der Waals surface area (Å²) in [4.78, 5) is 29.9. The number of hydrogen-bond acceptors (Lipinski definition) is 6. The van der Waals surface area contributed by atoms with Gasteiger partial charge in [-0.25, -0.2) is 9.79 Å². The molecule has 0 radical (unpaired) electrons. The van der Waals surface area contributed by atoms with Crippen LogP contribution >= 0.6 is 0 Å². The molecule has 8 nitrogen and oxygen atoms in total. The molecule has 0 spiro atoms. The summed E-state index contributed by atoms with van der Waals surface area (Å²) in [6.45, 7) is 4.31. The third-order valence-corrected chi connectivity index (χ3v) is 1.75. The second-order valence-corrected chi connectivity index (χ2v) is 4.49. The molecule has 8 heteroatoms. The summed E-state index contributed by atoms with van der Waals surface area (Å²) < 4.78 is 4.89. The predicted molar refractivity (Wildman–Crippen MR) is 61.5 cm³/mol. The molecule has 1 rings (SSSR count). The smallest absolute Gasteiger partial charge is 0.326 e. The summed E-state index contributed by atoms with van der Waals surface area (Å²) in [7, 11) is 0. The van der Waals surface area contributed by atoms with Gasteiger partial charge in [-0.15, -0.1) is 0 Å². The minimum absolute atomic E-state index is 0.144. The van der Waals surface area contributed by atoms with Crippen molar-refractivity contribution in [2.75, 3.05) is 0 Å². The van der Waals surface area contributed by atoms with Crippen LogP contribution in [0.3, 0.4) is 0 Å². The summed E-state index contributed by atoms with van der Waals surface area (Å²) in [5.74, 6) is 0. The molecular weight excluding hydrogens is 242 g/mol. The van der Waals surface area contributed by atoms with Gasteiger partial charge in [-0.2, -0.15) is 0 Å². The number of aliphatic imine (C=N–C) groups is 1. The molecule has 1 heterocycles. The largest absolute Gasteiger partial charge is 0.594 e. The standard InChI is InChI=1S/C10H15N3O5/c1-10(2,3)18-9(17)12-6-5(4-14)11-8(16)13-7(6)15/h14H,4H2,1-3H3,(H,12,17)(H2,11,13,15,16)/p-1. The van der Waals surface area contributed by atoms with Gasteiger partial charge in [-0.1, -0.05) is 20.8 Å². The van der Waals surface area contributed by atoms with Crippen molar-refractivity contribution in [3.63, 3.8) is 0 Å². The highest BCUT2D eigenvalue weighted by atomic mass is 16.6. The molecule has 0 saturated carbocycles. The summed E-state index contributed by atoms with van der Waals surface area (Å²) >= 11 is 0. The van der Waals surface area contributed by atoms with Crippen molar-refractivity contribution in [3.05, 3.63) is 26.5 Å². The van der Waals surface area contributed by atoms with Crippen LogP contribution in [0.1, 0.15) is 26.5 Å². The molecule has 3 N–H and O–H groups in total. The molecule has 1 aromatic heterocycles. The number of nitrogens with zero attached hydrogens (tertiary/aromatic N) is 1. The predicted octanol–water partition coefficient (Wildman–Crippen LogP) is -1.28. The van der Waals surface area contributed by atoms with Crippen molar-refractivity contribution in [1.82, 2.24) is 9.97 Å². The Hall–Kier alpha value is -2.09. The van der Waals surface area contributed by atoms with Crippen molar-refractivity contribution in [3.8, 4) is 0 Å². The first-order valence-electron chi connectivity index (χ1n) is 5.14. The van der Waals surface area contributed by atoms with Crippen LogP contribution in [0.4, 0.5) is 5.69 Å². The fourth-order valence-corrected chi connectivity index (χ4v) is 1.14. The lowest BCUT2D eigenvalue weighted by Crippen LogP contribution is -2.32. The van der Waals surface area contributed by atoms with E-state index in [4.69, 9.17) is 9.84 Å². The van der Waals surface area contributed by atoms with Gasteiger partial charge in [-0.3, -0.25) is 9.78 Å². The maximum absolute atomic E-state index is 11.4. The lowest BCUT2D eigenvalue weighted by atomic mass is 10.2.